The first-order valence-electron chi connectivity index (χ1n) is 8.16. The van der Waals surface area contributed by atoms with E-state index in [0.717, 1.165) is 23.2 Å². The number of benzene rings is 1. The van der Waals surface area contributed by atoms with Crippen LogP contribution in [0.3, 0.4) is 0 Å². The van der Waals surface area contributed by atoms with Gasteiger partial charge in [-0.1, -0.05) is 30.3 Å². The van der Waals surface area contributed by atoms with Crippen LogP contribution in [-0.4, -0.2) is 23.0 Å². The summed E-state index contributed by atoms with van der Waals surface area (Å²) in [7, 11) is 0. The van der Waals surface area contributed by atoms with Crippen molar-refractivity contribution < 1.29 is 9.53 Å². The third-order valence-corrected chi connectivity index (χ3v) is 4.67. The number of nitrogens with zero attached hydrogens (tertiary/aromatic N) is 1. The zero-order valence-corrected chi connectivity index (χ0v) is 13.2. The van der Waals surface area contributed by atoms with E-state index in [1.165, 1.54) is 12.8 Å². The molecule has 1 aliphatic heterocycles. The van der Waals surface area contributed by atoms with Crippen LogP contribution in [0.25, 0.3) is 11.1 Å². The van der Waals surface area contributed by atoms with E-state index in [0.29, 0.717) is 18.2 Å². The topological polar surface area (TPSA) is 51.2 Å². The highest BCUT2D eigenvalue weighted by Gasteiger charge is 2.44. The predicted octanol–water partition coefficient (Wildman–Crippen LogP) is 2.97. The van der Waals surface area contributed by atoms with Crippen molar-refractivity contribution in [1.82, 2.24) is 10.3 Å². The molecule has 1 unspecified atom stereocenters. The molecule has 4 rings (SSSR count). The Morgan fingerprint density at radius 1 is 1.30 bits per heavy atom. The Kier molecular flexibility index (Phi) is 3.33. The van der Waals surface area contributed by atoms with Crippen molar-refractivity contribution in [3.8, 4) is 17.0 Å². The molecule has 1 fully saturated rings. The van der Waals surface area contributed by atoms with Gasteiger partial charge in [-0.25, -0.2) is 4.98 Å². The Hall–Kier alpha value is -2.36. The zero-order valence-electron chi connectivity index (χ0n) is 13.2. The highest BCUT2D eigenvalue weighted by atomic mass is 16.5. The van der Waals surface area contributed by atoms with Crippen molar-refractivity contribution in [3.05, 3.63) is 48.2 Å². The summed E-state index contributed by atoms with van der Waals surface area (Å²) in [6.45, 7) is 2.61. The van der Waals surface area contributed by atoms with Gasteiger partial charge in [-0.2, -0.15) is 0 Å². The van der Waals surface area contributed by atoms with Crippen molar-refractivity contribution in [1.29, 1.82) is 0 Å². The Morgan fingerprint density at radius 3 is 2.83 bits per heavy atom. The van der Waals surface area contributed by atoms with E-state index in [2.05, 4.69) is 22.4 Å². The molecule has 1 aliphatic carbocycles. The Bertz CT molecular complexity index is 740. The molecule has 1 saturated carbocycles. The monoisotopic (exact) mass is 308 g/mol. The molecule has 0 saturated heterocycles. The maximum Gasteiger partial charge on any atom is 0.264 e. The van der Waals surface area contributed by atoms with Crippen molar-refractivity contribution in [2.45, 2.75) is 31.8 Å². The van der Waals surface area contributed by atoms with Crippen LogP contribution in [0.1, 0.15) is 25.3 Å². The number of aromatic nitrogens is 1. The van der Waals surface area contributed by atoms with Crippen LogP contribution in [0.5, 0.6) is 5.88 Å². The molecule has 118 valence electrons. The van der Waals surface area contributed by atoms with E-state index < -0.39 is 5.60 Å². The van der Waals surface area contributed by atoms with Gasteiger partial charge in [0, 0.05) is 24.7 Å². The van der Waals surface area contributed by atoms with Crippen molar-refractivity contribution in [3.63, 3.8) is 0 Å². The van der Waals surface area contributed by atoms with E-state index in [1.807, 2.05) is 31.2 Å². The van der Waals surface area contributed by atoms with Gasteiger partial charge in [0.2, 0.25) is 5.88 Å². The molecule has 2 heterocycles. The summed E-state index contributed by atoms with van der Waals surface area (Å²) in [5, 5.41) is 3.03. The Balaban J connectivity index is 1.60. The third-order valence-electron chi connectivity index (χ3n) is 4.67. The number of carbonyl (C=O) groups is 1. The van der Waals surface area contributed by atoms with Crippen molar-refractivity contribution >= 4 is 5.91 Å². The van der Waals surface area contributed by atoms with Gasteiger partial charge >= 0.3 is 0 Å². The van der Waals surface area contributed by atoms with Crippen LogP contribution in [0.4, 0.5) is 0 Å². The van der Waals surface area contributed by atoms with Gasteiger partial charge in [0.1, 0.15) is 0 Å². The fourth-order valence-corrected chi connectivity index (χ4v) is 3.08. The minimum atomic E-state index is -0.866. The van der Waals surface area contributed by atoms with Gasteiger partial charge in [-0.3, -0.25) is 4.79 Å². The van der Waals surface area contributed by atoms with E-state index in [1.54, 1.807) is 6.20 Å². The molecule has 2 aliphatic rings. The number of rotatable bonds is 4. The maximum atomic E-state index is 12.6. The number of carbonyl (C=O) groups excluding carboxylic acids is 1. The van der Waals surface area contributed by atoms with Gasteiger partial charge in [-0.05, 0) is 42.9 Å². The molecule has 1 aromatic heterocycles. The van der Waals surface area contributed by atoms with E-state index in [4.69, 9.17) is 4.74 Å². The Morgan fingerprint density at radius 2 is 2.09 bits per heavy atom. The zero-order chi connectivity index (χ0) is 15.9. The molecule has 1 atom stereocenters. The van der Waals surface area contributed by atoms with Crippen LogP contribution in [0.2, 0.25) is 0 Å². The predicted molar refractivity (Wildman–Crippen MR) is 88.1 cm³/mol. The number of amides is 1. The first-order chi connectivity index (χ1) is 11.2. The molecule has 4 heteroatoms. The van der Waals surface area contributed by atoms with Crippen molar-refractivity contribution in [2.24, 2.45) is 5.92 Å². The quantitative estimate of drug-likeness (QED) is 0.944. The highest BCUT2D eigenvalue weighted by molar-refractivity contribution is 5.87. The standard InChI is InChI=1S/C19H20N2O2/c1-19(18(22)21-12-13-7-8-13)11-16-15(9-10-20-17(16)23-19)14-5-3-2-4-6-14/h2-6,9-10,13H,7-8,11-12H2,1H3,(H,21,22). The number of nitrogens with one attached hydrogen (secondary N) is 1. The molecule has 4 nitrogen and oxygen atoms in total. The molecule has 0 bridgehead atoms. The van der Waals surface area contributed by atoms with E-state index in [9.17, 15) is 4.79 Å². The summed E-state index contributed by atoms with van der Waals surface area (Å²) >= 11 is 0. The highest BCUT2D eigenvalue weighted by Crippen LogP contribution is 2.39. The van der Waals surface area contributed by atoms with Crippen LogP contribution in [0.15, 0.2) is 42.6 Å². The Labute approximate surface area is 135 Å². The van der Waals surface area contributed by atoms with E-state index >= 15 is 0 Å². The largest absolute Gasteiger partial charge is 0.461 e. The number of pyridine rings is 1. The van der Waals surface area contributed by atoms with Crippen molar-refractivity contribution in [2.75, 3.05) is 6.54 Å². The second-order valence-electron chi connectivity index (χ2n) is 6.67. The van der Waals surface area contributed by atoms with E-state index in [-0.39, 0.29) is 5.91 Å². The summed E-state index contributed by atoms with van der Waals surface area (Å²) < 4.78 is 5.95. The summed E-state index contributed by atoms with van der Waals surface area (Å²) in [5.74, 6) is 1.20. The fraction of sp³-hybridized carbons (Fsp3) is 0.368. The second-order valence-corrected chi connectivity index (χ2v) is 6.67. The molecule has 0 radical (unpaired) electrons. The summed E-state index contributed by atoms with van der Waals surface area (Å²) in [6, 6.07) is 12.2. The second kappa shape index (κ2) is 5.37. The molecule has 2 aromatic rings. The number of fused-ring (bicyclic) bond motifs is 1. The minimum absolute atomic E-state index is 0.0404. The van der Waals surface area contributed by atoms with Gasteiger partial charge in [0.25, 0.3) is 5.91 Å². The van der Waals surface area contributed by atoms with Crippen LogP contribution in [0, 0.1) is 5.92 Å². The SMILES string of the molecule is CC1(C(=O)NCC2CC2)Cc2c(-c3ccccc3)ccnc2O1. The lowest BCUT2D eigenvalue weighted by Crippen LogP contribution is -2.48. The van der Waals surface area contributed by atoms with Gasteiger partial charge in [0.15, 0.2) is 5.60 Å². The number of hydrogen-bond acceptors (Lipinski definition) is 3. The molecule has 23 heavy (non-hydrogen) atoms. The van der Waals surface area contributed by atoms with Crippen LogP contribution < -0.4 is 10.1 Å². The lowest BCUT2D eigenvalue weighted by molar-refractivity contribution is -0.134. The average molecular weight is 308 g/mol. The smallest absolute Gasteiger partial charge is 0.264 e. The number of ether oxygens (including phenoxy) is 1. The minimum Gasteiger partial charge on any atom is -0.461 e. The third kappa shape index (κ3) is 2.69. The molecular weight excluding hydrogens is 288 g/mol. The normalized spacial score (nSPS) is 22.3. The van der Waals surface area contributed by atoms with Crippen LogP contribution in [-0.2, 0) is 11.2 Å². The first kappa shape index (κ1) is 14.2. The molecule has 0 spiro atoms. The number of hydrogen-bond donors (Lipinski definition) is 1. The molecule has 1 N–H and O–H groups in total. The first-order valence-corrected chi connectivity index (χ1v) is 8.16. The van der Waals surface area contributed by atoms with Crippen LogP contribution >= 0.6 is 0 Å². The fourth-order valence-electron chi connectivity index (χ4n) is 3.08. The maximum absolute atomic E-state index is 12.6. The molecule has 1 aromatic carbocycles. The lowest BCUT2D eigenvalue weighted by atomic mass is 9.93. The van der Waals surface area contributed by atoms with Gasteiger partial charge in [-0.15, -0.1) is 0 Å². The lowest BCUT2D eigenvalue weighted by Gasteiger charge is -2.22. The van der Waals surface area contributed by atoms with Gasteiger partial charge < -0.3 is 10.1 Å². The summed E-state index contributed by atoms with van der Waals surface area (Å²) in [6.07, 6.45) is 4.74. The van der Waals surface area contributed by atoms with Gasteiger partial charge in [0.05, 0.1) is 0 Å². The molecular formula is C19H20N2O2. The average Bonchev–Trinajstić information content (AvgIpc) is 3.33. The molecule has 1 amide bonds. The summed E-state index contributed by atoms with van der Waals surface area (Å²) in [5.41, 5.74) is 2.37. The summed E-state index contributed by atoms with van der Waals surface area (Å²) in [4.78, 5) is 16.9.